The molecule has 4 N–H and O–H groups in total. The lowest BCUT2D eigenvalue weighted by Gasteiger charge is -2.17. The van der Waals surface area contributed by atoms with E-state index < -0.39 is 23.6 Å². The molecule has 1 aliphatic heterocycles. The first kappa shape index (κ1) is 23.2. The highest BCUT2D eigenvalue weighted by Gasteiger charge is 2.39. The van der Waals surface area contributed by atoms with E-state index in [0.29, 0.717) is 30.3 Å². The maximum absolute atomic E-state index is 13.6. The first-order chi connectivity index (χ1) is 16.6. The van der Waals surface area contributed by atoms with Gasteiger partial charge in [-0.1, -0.05) is 0 Å². The summed E-state index contributed by atoms with van der Waals surface area (Å²) in [4.78, 5) is 29.3. The van der Waals surface area contributed by atoms with Gasteiger partial charge in [0.25, 0.3) is 11.8 Å². The van der Waals surface area contributed by atoms with Crippen LogP contribution in [0.3, 0.4) is 0 Å². The fraction of sp³-hybridized carbons (Fsp3) is 0.400. The summed E-state index contributed by atoms with van der Waals surface area (Å²) in [6.07, 6.45) is -1.14. The lowest BCUT2D eigenvalue weighted by atomic mass is 10.0. The van der Waals surface area contributed by atoms with Crippen molar-refractivity contribution in [1.82, 2.24) is 16.0 Å². The van der Waals surface area contributed by atoms with Gasteiger partial charge in [-0.05, 0) is 80.5 Å². The van der Waals surface area contributed by atoms with E-state index in [9.17, 15) is 22.8 Å². The topological polar surface area (TPSA) is 94.6 Å². The van der Waals surface area contributed by atoms with E-state index in [1.54, 1.807) is 18.2 Å². The lowest BCUT2D eigenvalue weighted by molar-refractivity contribution is -0.137. The van der Waals surface area contributed by atoms with Crippen molar-refractivity contribution in [2.45, 2.75) is 50.2 Å². The van der Waals surface area contributed by atoms with Crippen molar-refractivity contribution in [2.24, 2.45) is 4.99 Å². The molecule has 1 heterocycles. The highest BCUT2D eigenvalue weighted by Crippen LogP contribution is 2.45. The Kier molecular flexibility index (Phi) is 5.69. The third kappa shape index (κ3) is 5.41. The number of nitrogens with one attached hydrogen (secondary N) is 4. The Hall–Kier alpha value is -3.56. The van der Waals surface area contributed by atoms with Gasteiger partial charge in [0.1, 0.15) is 0 Å². The Labute approximate surface area is 200 Å². The van der Waals surface area contributed by atoms with E-state index in [-0.39, 0.29) is 22.7 Å². The molecular weight excluding hydrogens is 459 g/mol. The zero-order chi connectivity index (χ0) is 24.8. The fourth-order valence-corrected chi connectivity index (χ4v) is 4.02. The number of aliphatic imine (C=N–C) groups is 1. The van der Waals surface area contributed by atoms with Crippen molar-refractivity contribution in [3.63, 3.8) is 0 Å². The predicted octanol–water partition coefficient (Wildman–Crippen LogP) is 4.30. The van der Waals surface area contributed by atoms with Gasteiger partial charge < -0.3 is 21.3 Å². The van der Waals surface area contributed by atoms with Crippen molar-refractivity contribution in [3.05, 3.63) is 58.7 Å². The van der Waals surface area contributed by atoms with Crippen molar-refractivity contribution in [1.29, 1.82) is 0 Å². The molecule has 35 heavy (non-hydrogen) atoms. The van der Waals surface area contributed by atoms with Crippen LogP contribution in [0.15, 0.2) is 41.4 Å². The predicted molar refractivity (Wildman–Crippen MR) is 126 cm³/mol. The zero-order valence-corrected chi connectivity index (χ0v) is 19.2. The van der Waals surface area contributed by atoms with E-state index >= 15 is 0 Å². The molecule has 0 aromatic heterocycles. The Balaban J connectivity index is 1.44. The maximum atomic E-state index is 13.6. The summed E-state index contributed by atoms with van der Waals surface area (Å²) >= 11 is 0. The van der Waals surface area contributed by atoms with Gasteiger partial charge in [-0.15, -0.1) is 0 Å². The molecule has 3 aliphatic rings. The lowest BCUT2D eigenvalue weighted by Crippen LogP contribution is -2.34. The highest BCUT2D eigenvalue weighted by molar-refractivity contribution is 6.03. The van der Waals surface area contributed by atoms with Gasteiger partial charge in [-0.25, -0.2) is 0 Å². The molecule has 0 spiro atoms. The van der Waals surface area contributed by atoms with Gasteiger partial charge in [0.05, 0.1) is 5.56 Å². The van der Waals surface area contributed by atoms with Gasteiger partial charge >= 0.3 is 6.18 Å². The molecule has 2 aromatic carbocycles. The largest absolute Gasteiger partial charge is 0.416 e. The Morgan fingerprint density at radius 2 is 1.74 bits per heavy atom. The summed E-state index contributed by atoms with van der Waals surface area (Å²) in [5, 5.41) is 11.8. The van der Waals surface area contributed by atoms with Gasteiger partial charge in [-0.2, -0.15) is 18.2 Å². The van der Waals surface area contributed by atoms with Crippen LogP contribution >= 0.6 is 0 Å². The second-order valence-corrected chi connectivity index (χ2v) is 9.63. The normalized spacial score (nSPS) is 18.3. The minimum absolute atomic E-state index is 0.0531. The average Bonchev–Trinajstić information content (AvgIpc) is 3.72. The number of nitrogens with zero attached hydrogens (tertiary/aromatic N) is 1. The van der Waals surface area contributed by atoms with Crippen LogP contribution in [0.25, 0.3) is 0 Å². The van der Waals surface area contributed by atoms with Crippen molar-refractivity contribution < 1.29 is 22.8 Å². The number of guanidine groups is 1. The van der Waals surface area contributed by atoms with Gasteiger partial charge in [-0.3, -0.25) is 9.59 Å². The molecule has 3 fully saturated rings. The Morgan fingerprint density at radius 3 is 2.37 bits per heavy atom. The smallest absolute Gasteiger partial charge is 0.355 e. The molecule has 0 atom stereocenters. The minimum Gasteiger partial charge on any atom is -0.355 e. The number of carbonyl (C=O) groups excluding carboxylic acids is 2. The standard InChI is InChI=1S/C25H26F3N5O2/c1-24(6-7-24)33-22(35)16-10-17(25(26,27)28)13-18(11-16)31-20-5-4-15(12-19(20)14-2-3-14)21(34)32-23-29-8-9-30-23/h4-5,10-14,31H,2-3,6-9H2,1H3,(H,33,35)(H2,29,30,32,34). The fourth-order valence-electron chi connectivity index (χ4n) is 4.02. The van der Waals surface area contributed by atoms with Gasteiger partial charge in [0, 0.05) is 41.1 Å². The summed E-state index contributed by atoms with van der Waals surface area (Å²) in [5.74, 6) is -0.290. The molecule has 0 radical (unpaired) electrons. The second kappa shape index (κ2) is 8.58. The zero-order valence-electron chi connectivity index (χ0n) is 19.2. The number of hydrogen-bond acceptors (Lipinski definition) is 3. The van der Waals surface area contributed by atoms with Gasteiger partial charge in [0.2, 0.25) is 0 Å². The van der Waals surface area contributed by atoms with E-state index in [0.717, 1.165) is 43.4 Å². The highest BCUT2D eigenvalue weighted by atomic mass is 19.4. The van der Waals surface area contributed by atoms with Crippen molar-refractivity contribution in [3.8, 4) is 0 Å². The Bertz CT molecular complexity index is 1210. The maximum Gasteiger partial charge on any atom is 0.416 e. The molecule has 2 aromatic rings. The van der Waals surface area contributed by atoms with E-state index in [2.05, 4.69) is 26.3 Å². The first-order valence-corrected chi connectivity index (χ1v) is 11.7. The number of benzene rings is 2. The molecule has 2 saturated carbocycles. The molecule has 5 rings (SSSR count). The monoisotopic (exact) mass is 485 g/mol. The number of amides is 2. The third-order valence-electron chi connectivity index (χ3n) is 6.46. The van der Waals surface area contributed by atoms with Crippen LogP contribution in [0.4, 0.5) is 24.5 Å². The number of carbonyl (C=O) groups is 2. The van der Waals surface area contributed by atoms with E-state index in [1.807, 2.05) is 6.92 Å². The second-order valence-electron chi connectivity index (χ2n) is 9.63. The summed E-state index contributed by atoms with van der Waals surface area (Å²) in [5.41, 5.74) is 0.705. The first-order valence-electron chi connectivity index (χ1n) is 11.7. The van der Waals surface area contributed by atoms with Gasteiger partial charge in [0.15, 0.2) is 5.96 Å². The number of anilines is 2. The molecule has 7 nitrogen and oxygen atoms in total. The Morgan fingerprint density at radius 1 is 1.03 bits per heavy atom. The summed E-state index contributed by atoms with van der Waals surface area (Å²) in [6, 6.07) is 8.33. The van der Waals surface area contributed by atoms with Crippen LogP contribution in [0.1, 0.15) is 70.4 Å². The van der Waals surface area contributed by atoms with Crippen LogP contribution in [0.5, 0.6) is 0 Å². The van der Waals surface area contributed by atoms with Crippen molar-refractivity contribution in [2.75, 3.05) is 18.4 Å². The van der Waals surface area contributed by atoms with E-state index in [1.165, 1.54) is 6.07 Å². The van der Waals surface area contributed by atoms with Crippen LogP contribution in [-0.4, -0.2) is 36.4 Å². The van der Waals surface area contributed by atoms with Crippen LogP contribution < -0.4 is 21.3 Å². The summed E-state index contributed by atoms with van der Waals surface area (Å²) in [7, 11) is 0. The SMILES string of the molecule is CC1(NC(=O)c2cc(Nc3ccc(C(=O)N=C4NCCN4)cc3C3CC3)cc(C(F)(F)F)c2)CC1. The molecule has 184 valence electrons. The molecular formula is C25H26F3N5O2. The summed E-state index contributed by atoms with van der Waals surface area (Å²) < 4.78 is 40.8. The molecule has 10 heteroatoms. The quantitative estimate of drug-likeness (QED) is 0.490. The van der Waals surface area contributed by atoms with Crippen LogP contribution in [0.2, 0.25) is 0 Å². The molecule has 2 aliphatic carbocycles. The minimum atomic E-state index is -4.60. The average molecular weight is 486 g/mol. The molecule has 1 saturated heterocycles. The number of hydrogen-bond donors (Lipinski definition) is 4. The number of halogens is 3. The summed E-state index contributed by atoms with van der Waals surface area (Å²) in [6.45, 7) is 3.25. The molecule has 2 amide bonds. The molecule has 0 bridgehead atoms. The number of rotatable bonds is 6. The van der Waals surface area contributed by atoms with E-state index in [4.69, 9.17) is 0 Å². The number of alkyl halides is 3. The van der Waals surface area contributed by atoms with Crippen LogP contribution in [-0.2, 0) is 6.18 Å². The van der Waals surface area contributed by atoms with Crippen molar-refractivity contribution >= 4 is 29.1 Å². The van der Waals surface area contributed by atoms with Crippen LogP contribution in [0, 0.1) is 0 Å². The third-order valence-corrected chi connectivity index (χ3v) is 6.46. The molecule has 0 unspecified atom stereocenters.